The quantitative estimate of drug-likeness (QED) is 0.415. The second-order valence-electron chi connectivity index (χ2n) is 6.51. The molecule has 0 bridgehead atoms. The van der Waals surface area contributed by atoms with Gasteiger partial charge in [0.1, 0.15) is 5.75 Å². The topological polar surface area (TPSA) is 48.9 Å². The van der Waals surface area contributed by atoms with Gasteiger partial charge >= 0.3 is 0 Å². The van der Waals surface area contributed by atoms with E-state index in [1.165, 1.54) is 0 Å². The van der Waals surface area contributed by atoms with E-state index in [2.05, 4.69) is 47.4 Å². The molecular weight excluding hydrogens is 415 g/mol. The van der Waals surface area contributed by atoms with Crippen molar-refractivity contribution < 1.29 is 4.74 Å². The average Bonchev–Trinajstić information content (AvgIpc) is 2.92. The van der Waals surface area contributed by atoms with Crippen molar-refractivity contribution >= 4 is 29.9 Å². The number of likely N-dealkylation sites (tertiary alicyclic amines) is 1. The molecule has 5 nitrogen and oxygen atoms in total. The molecule has 1 heterocycles. The van der Waals surface area contributed by atoms with Crippen LogP contribution in [-0.2, 0) is 6.54 Å². The van der Waals surface area contributed by atoms with Crippen LogP contribution in [0.4, 0.5) is 0 Å². The van der Waals surface area contributed by atoms with Gasteiger partial charge in [0.2, 0.25) is 0 Å². The predicted octanol–water partition coefficient (Wildman–Crippen LogP) is 2.71. The summed E-state index contributed by atoms with van der Waals surface area (Å²) in [6, 6.07) is 9.07. The molecule has 1 aliphatic heterocycles. The fraction of sp³-hybridized carbons (Fsp3) is 0.611. The molecule has 0 saturated carbocycles. The number of aliphatic imine (C=N–C) groups is 1. The zero-order valence-corrected chi connectivity index (χ0v) is 17.7. The van der Waals surface area contributed by atoms with E-state index in [9.17, 15) is 0 Å². The summed E-state index contributed by atoms with van der Waals surface area (Å²) in [5.41, 5.74) is 1.13. The third-order valence-electron chi connectivity index (χ3n) is 4.56. The fourth-order valence-corrected chi connectivity index (χ4v) is 3.01. The first-order chi connectivity index (χ1) is 11.0. The van der Waals surface area contributed by atoms with E-state index in [4.69, 9.17) is 4.74 Å². The maximum Gasteiger partial charge on any atom is 0.191 e. The number of hydrogen-bond acceptors (Lipinski definition) is 3. The van der Waals surface area contributed by atoms with Crippen molar-refractivity contribution in [2.24, 2.45) is 10.9 Å². The molecule has 1 aliphatic rings. The average molecular weight is 446 g/mol. The van der Waals surface area contributed by atoms with Gasteiger partial charge < -0.3 is 15.4 Å². The highest BCUT2D eigenvalue weighted by Crippen LogP contribution is 2.19. The highest BCUT2D eigenvalue weighted by Gasteiger charge is 2.31. The van der Waals surface area contributed by atoms with Crippen LogP contribution in [0.25, 0.3) is 0 Å². The van der Waals surface area contributed by atoms with Crippen molar-refractivity contribution in [2.75, 3.05) is 27.2 Å². The third-order valence-corrected chi connectivity index (χ3v) is 4.56. The van der Waals surface area contributed by atoms with E-state index < -0.39 is 0 Å². The van der Waals surface area contributed by atoms with E-state index in [1.807, 2.05) is 25.2 Å². The molecule has 24 heavy (non-hydrogen) atoms. The lowest BCUT2D eigenvalue weighted by Gasteiger charge is -2.22. The van der Waals surface area contributed by atoms with Crippen molar-refractivity contribution in [1.29, 1.82) is 0 Å². The number of nitrogens with zero attached hydrogens (tertiary/aromatic N) is 2. The van der Waals surface area contributed by atoms with Crippen molar-refractivity contribution in [3.05, 3.63) is 29.8 Å². The van der Waals surface area contributed by atoms with E-state index in [0.29, 0.717) is 24.5 Å². The molecular formula is C18H31IN4O. The number of guanidine groups is 1. The number of methoxy groups -OCH3 is 1. The summed E-state index contributed by atoms with van der Waals surface area (Å²) in [7, 11) is 3.52. The van der Waals surface area contributed by atoms with E-state index >= 15 is 0 Å². The third kappa shape index (κ3) is 5.51. The Morgan fingerprint density at radius 3 is 2.62 bits per heavy atom. The van der Waals surface area contributed by atoms with Crippen LogP contribution in [0.15, 0.2) is 29.3 Å². The molecule has 0 radical (unpaired) electrons. The van der Waals surface area contributed by atoms with E-state index in [-0.39, 0.29) is 24.0 Å². The van der Waals surface area contributed by atoms with Crippen LogP contribution in [0, 0.1) is 5.92 Å². The van der Waals surface area contributed by atoms with Gasteiger partial charge in [-0.2, -0.15) is 0 Å². The number of benzene rings is 1. The zero-order chi connectivity index (χ0) is 16.8. The van der Waals surface area contributed by atoms with Crippen molar-refractivity contribution in [1.82, 2.24) is 15.5 Å². The Kier molecular flexibility index (Phi) is 8.83. The maximum atomic E-state index is 5.40. The summed E-state index contributed by atoms with van der Waals surface area (Å²) in [4.78, 5) is 6.87. The van der Waals surface area contributed by atoms with Crippen molar-refractivity contribution in [2.45, 2.75) is 39.4 Å². The summed E-state index contributed by atoms with van der Waals surface area (Å²) in [5, 5.41) is 6.96. The second kappa shape index (κ2) is 10.1. The van der Waals surface area contributed by atoms with Gasteiger partial charge in [0, 0.05) is 44.3 Å². The molecule has 0 aromatic heterocycles. The van der Waals surface area contributed by atoms with E-state index in [1.54, 1.807) is 7.11 Å². The molecule has 0 spiro atoms. The molecule has 1 saturated heterocycles. The molecule has 0 aliphatic carbocycles. The van der Waals surface area contributed by atoms with Crippen LogP contribution < -0.4 is 15.4 Å². The number of ether oxygens (including phenoxy) is 1. The number of rotatable bonds is 5. The van der Waals surface area contributed by atoms with Crippen LogP contribution in [0.3, 0.4) is 0 Å². The normalized spacial score (nSPS) is 21.5. The largest absolute Gasteiger partial charge is 0.496 e. The Labute approximate surface area is 163 Å². The molecule has 2 N–H and O–H groups in total. The second-order valence-corrected chi connectivity index (χ2v) is 6.51. The molecule has 2 rings (SSSR count). The SMILES string of the molecule is CN=C(NCc1ccccc1OC)NC1CN(C(C)C)CC1C.I. The van der Waals surface area contributed by atoms with Gasteiger partial charge in [-0.15, -0.1) is 24.0 Å². The minimum atomic E-state index is 0. The van der Waals surface area contributed by atoms with Gasteiger partial charge in [-0.05, 0) is 25.8 Å². The highest BCUT2D eigenvalue weighted by atomic mass is 127. The Morgan fingerprint density at radius 2 is 2.04 bits per heavy atom. The summed E-state index contributed by atoms with van der Waals surface area (Å²) in [6.07, 6.45) is 0. The minimum absolute atomic E-state index is 0. The van der Waals surface area contributed by atoms with Crippen LogP contribution >= 0.6 is 24.0 Å². The molecule has 0 amide bonds. The Bertz CT molecular complexity index is 536. The van der Waals surface area contributed by atoms with Gasteiger partial charge in [0.05, 0.1) is 7.11 Å². The lowest BCUT2D eigenvalue weighted by atomic mass is 10.1. The Balaban J connectivity index is 0.00000288. The van der Waals surface area contributed by atoms with Crippen molar-refractivity contribution in [3.63, 3.8) is 0 Å². The number of para-hydroxylation sites is 1. The standard InChI is InChI=1S/C18H30N4O.HI/c1-13(2)22-11-14(3)16(12-22)21-18(19-4)20-10-15-8-6-7-9-17(15)23-5;/h6-9,13-14,16H,10-12H2,1-5H3,(H2,19,20,21);1H. The smallest absolute Gasteiger partial charge is 0.191 e. The molecule has 6 heteroatoms. The first-order valence-corrected chi connectivity index (χ1v) is 8.38. The lowest BCUT2D eigenvalue weighted by molar-refractivity contribution is 0.265. The number of halogens is 1. The summed E-state index contributed by atoms with van der Waals surface area (Å²) in [6.45, 7) is 9.70. The Morgan fingerprint density at radius 1 is 1.33 bits per heavy atom. The van der Waals surface area contributed by atoms with Crippen LogP contribution in [0.1, 0.15) is 26.3 Å². The van der Waals surface area contributed by atoms with Crippen LogP contribution in [0.5, 0.6) is 5.75 Å². The highest BCUT2D eigenvalue weighted by molar-refractivity contribution is 14.0. The summed E-state index contributed by atoms with van der Waals surface area (Å²) in [5.74, 6) is 2.36. The summed E-state index contributed by atoms with van der Waals surface area (Å²) < 4.78 is 5.40. The summed E-state index contributed by atoms with van der Waals surface area (Å²) >= 11 is 0. The molecule has 2 atom stereocenters. The molecule has 1 aromatic rings. The van der Waals surface area contributed by atoms with Gasteiger partial charge in [0.25, 0.3) is 0 Å². The van der Waals surface area contributed by atoms with Crippen LogP contribution in [-0.4, -0.2) is 50.2 Å². The molecule has 1 aromatic carbocycles. The van der Waals surface area contributed by atoms with Crippen LogP contribution in [0.2, 0.25) is 0 Å². The zero-order valence-electron chi connectivity index (χ0n) is 15.4. The first-order valence-electron chi connectivity index (χ1n) is 8.38. The predicted molar refractivity (Wildman–Crippen MR) is 111 cm³/mol. The number of hydrogen-bond donors (Lipinski definition) is 2. The lowest BCUT2D eigenvalue weighted by Crippen LogP contribution is -2.46. The van der Waals surface area contributed by atoms with Crippen molar-refractivity contribution in [3.8, 4) is 5.75 Å². The van der Waals surface area contributed by atoms with Gasteiger partial charge in [-0.1, -0.05) is 25.1 Å². The monoisotopic (exact) mass is 446 g/mol. The van der Waals surface area contributed by atoms with Gasteiger partial charge in [0.15, 0.2) is 5.96 Å². The van der Waals surface area contributed by atoms with E-state index in [0.717, 1.165) is 30.4 Å². The molecule has 136 valence electrons. The molecule has 2 unspecified atom stereocenters. The molecule has 1 fully saturated rings. The fourth-order valence-electron chi connectivity index (χ4n) is 3.01. The minimum Gasteiger partial charge on any atom is -0.496 e. The maximum absolute atomic E-state index is 5.40. The van der Waals surface area contributed by atoms with Gasteiger partial charge in [-0.25, -0.2) is 0 Å². The van der Waals surface area contributed by atoms with Gasteiger partial charge in [-0.3, -0.25) is 9.89 Å². The first kappa shape index (κ1) is 21.0. The number of nitrogens with one attached hydrogen (secondary N) is 2. The Hall–Kier alpha value is -1.02.